The minimum absolute atomic E-state index is 0.114. The Bertz CT molecular complexity index is 1260. The zero-order valence-corrected chi connectivity index (χ0v) is 20.3. The molecule has 0 radical (unpaired) electrons. The maximum absolute atomic E-state index is 9.19. The molecule has 0 bridgehead atoms. The molecule has 1 aliphatic carbocycles. The number of aliphatic hydroxyl groups excluding tert-OH is 1. The average molecular weight is 476 g/mol. The summed E-state index contributed by atoms with van der Waals surface area (Å²) in [6.45, 7) is 7.45. The maximum atomic E-state index is 9.19. The summed E-state index contributed by atoms with van der Waals surface area (Å²) in [6.07, 6.45) is 5.43. The molecule has 1 atom stereocenters. The molecule has 9 heteroatoms. The molecule has 2 heterocycles. The van der Waals surface area contributed by atoms with Gasteiger partial charge >= 0.3 is 0 Å². The summed E-state index contributed by atoms with van der Waals surface area (Å²) < 4.78 is 7.32. The number of aliphatic hydroxyl groups is 1. The Morgan fingerprint density at radius 2 is 2.00 bits per heavy atom. The zero-order chi connectivity index (χ0) is 24.9. The maximum Gasteiger partial charge on any atom is 0.260 e. The van der Waals surface area contributed by atoms with Crippen molar-refractivity contribution >= 4 is 28.3 Å². The van der Waals surface area contributed by atoms with E-state index in [1.54, 1.807) is 10.6 Å². The molecule has 0 saturated carbocycles. The van der Waals surface area contributed by atoms with Gasteiger partial charge in [0.15, 0.2) is 5.69 Å². The minimum atomic E-state index is -0.398. The summed E-state index contributed by atoms with van der Waals surface area (Å²) >= 11 is 0. The van der Waals surface area contributed by atoms with Gasteiger partial charge < -0.3 is 31.5 Å². The van der Waals surface area contributed by atoms with Crippen LogP contribution in [0.2, 0.25) is 0 Å². The number of nitrogens with one attached hydrogen (secondary N) is 1. The molecule has 1 unspecified atom stereocenters. The number of nitrogens with two attached hydrogens (primary N) is 2. The zero-order valence-electron chi connectivity index (χ0n) is 20.3. The number of pyridine rings is 1. The van der Waals surface area contributed by atoms with Gasteiger partial charge in [-0.2, -0.15) is 0 Å². The van der Waals surface area contributed by atoms with Gasteiger partial charge in [-0.05, 0) is 69.3 Å². The Labute approximate surface area is 205 Å². The van der Waals surface area contributed by atoms with Gasteiger partial charge in [0.2, 0.25) is 0 Å². The number of rotatable bonds is 9. The molecule has 1 aliphatic rings. The van der Waals surface area contributed by atoms with E-state index < -0.39 is 6.04 Å². The number of allylic oxidation sites excluding steroid dienone is 1. The lowest BCUT2D eigenvalue weighted by Crippen LogP contribution is -2.32. The molecule has 2 aromatic heterocycles. The van der Waals surface area contributed by atoms with E-state index in [1.165, 1.54) is 5.69 Å². The van der Waals surface area contributed by atoms with E-state index in [4.69, 9.17) is 21.2 Å². The number of hydrogen-bond acceptors (Lipinski definition) is 8. The van der Waals surface area contributed by atoms with Crippen LogP contribution >= 0.6 is 0 Å². The second-order valence-electron chi connectivity index (χ2n) is 8.55. The molecule has 0 spiro atoms. The van der Waals surface area contributed by atoms with Gasteiger partial charge in [-0.1, -0.05) is 6.07 Å². The monoisotopic (exact) mass is 475 g/mol. The normalized spacial score (nSPS) is 17.0. The molecule has 0 amide bonds. The summed E-state index contributed by atoms with van der Waals surface area (Å²) in [7, 11) is 0. The number of fused-ring (bicyclic) bond motifs is 1. The van der Waals surface area contributed by atoms with E-state index in [-0.39, 0.29) is 13.2 Å². The topological polar surface area (TPSA) is 126 Å². The molecule has 4 rings (SSSR count). The number of aliphatic imine (C=N–C) groups is 1. The van der Waals surface area contributed by atoms with Crippen molar-refractivity contribution in [2.45, 2.75) is 32.9 Å². The summed E-state index contributed by atoms with van der Waals surface area (Å²) in [5.74, 6) is 0.324. The van der Waals surface area contributed by atoms with Gasteiger partial charge in [0.25, 0.3) is 5.88 Å². The van der Waals surface area contributed by atoms with Crippen LogP contribution in [0.4, 0.5) is 17.1 Å². The van der Waals surface area contributed by atoms with Crippen molar-refractivity contribution in [2.24, 2.45) is 16.5 Å². The molecule has 6 N–H and O–H groups in total. The fraction of sp³-hybridized carbons (Fsp3) is 0.308. The fourth-order valence-corrected chi connectivity index (χ4v) is 4.09. The number of aromatic nitrogens is 2. The quantitative estimate of drug-likeness (QED) is 0.374. The SMILES string of the molecule is CCN(c1ccc(NC2=CC(=Nc3c(OCCO)nn4ccccc34)C(N)=CC2N)cc1)C(C)C. The predicted molar refractivity (Wildman–Crippen MR) is 141 cm³/mol. The first-order chi connectivity index (χ1) is 16.9. The van der Waals surface area contributed by atoms with Crippen molar-refractivity contribution in [3.8, 4) is 5.88 Å². The fourth-order valence-electron chi connectivity index (χ4n) is 4.09. The predicted octanol–water partition coefficient (Wildman–Crippen LogP) is 3.19. The van der Waals surface area contributed by atoms with Crippen LogP contribution in [0.1, 0.15) is 20.8 Å². The highest BCUT2D eigenvalue weighted by molar-refractivity contribution is 6.11. The van der Waals surface area contributed by atoms with Crippen molar-refractivity contribution in [1.82, 2.24) is 9.61 Å². The van der Waals surface area contributed by atoms with E-state index in [0.717, 1.165) is 23.4 Å². The number of benzene rings is 1. The summed E-state index contributed by atoms with van der Waals surface area (Å²) in [6, 6.07) is 14.0. The standard InChI is InChI=1S/C26H33N7O2/c1-4-32(17(2)3)19-10-8-18(9-11-19)29-22-16-23(21(28)15-20(22)27)30-25-24-7-5-6-12-33(24)31-26(25)35-14-13-34/h5-12,15-17,20,29,34H,4,13-14,27-28H2,1-3H3. The highest BCUT2D eigenvalue weighted by atomic mass is 16.5. The van der Waals surface area contributed by atoms with Crippen molar-refractivity contribution in [3.05, 3.63) is 72.2 Å². The van der Waals surface area contributed by atoms with E-state index in [1.807, 2.05) is 42.6 Å². The Balaban J connectivity index is 1.65. The molecule has 1 aromatic carbocycles. The first-order valence-corrected chi connectivity index (χ1v) is 11.8. The Kier molecular flexibility index (Phi) is 7.38. The van der Waals surface area contributed by atoms with Crippen LogP contribution in [0.25, 0.3) is 5.52 Å². The molecule has 0 saturated heterocycles. The molecule has 184 valence electrons. The molecule has 9 nitrogen and oxygen atoms in total. The smallest absolute Gasteiger partial charge is 0.260 e. The van der Waals surface area contributed by atoms with Crippen molar-refractivity contribution in [3.63, 3.8) is 0 Å². The molecule has 0 aliphatic heterocycles. The van der Waals surface area contributed by atoms with Gasteiger partial charge in [0.05, 0.1) is 29.6 Å². The summed E-state index contributed by atoms with van der Waals surface area (Å²) in [5.41, 5.74) is 17.8. The third-order valence-corrected chi connectivity index (χ3v) is 5.80. The highest BCUT2D eigenvalue weighted by Gasteiger charge is 2.20. The van der Waals surface area contributed by atoms with Crippen LogP contribution in [0.5, 0.6) is 5.88 Å². The van der Waals surface area contributed by atoms with Crippen LogP contribution in [-0.2, 0) is 0 Å². The van der Waals surface area contributed by atoms with Gasteiger partial charge in [-0.15, -0.1) is 5.10 Å². The van der Waals surface area contributed by atoms with Crippen molar-refractivity contribution in [2.75, 3.05) is 30.0 Å². The molecular weight excluding hydrogens is 442 g/mol. The Morgan fingerprint density at radius 3 is 2.69 bits per heavy atom. The Morgan fingerprint density at radius 1 is 1.23 bits per heavy atom. The van der Waals surface area contributed by atoms with Gasteiger partial charge in [-0.25, -0.2) is 9.51 Å². The van der Waals surface area contributed by atoms with E-state index in [2.05, 4.69) is 48.2 Å². The lowest BCUT2D eigenvalue weighted by Gasteiger charge is -2.28. The minimum Gasteiger partial charge on any atom is -0.473 e. The summed E-state index contributed by atoms with van der Waals surface area (Å²) in [5, 5.41) is 17.0. The molecule has 0 fully saturated rings. The number of ether oxygens (including phenoxy) is 1. The lowest BCUT2D eigenvalue weighted by atomic mass is 10.0. The first kappa shape index (κ1) is 24.3. The first-order valence-electron chi connectivity index (χ1n) is 11.8. The van der Waals surface area contributed by atoms with Crippen LogP contribution < -0.4 is 26.4 Å². The second-order valence-corrected chi connectivity index (χ2v) is 8.55. The molecule has 35 heavy (non-hydrogen) atoms. The van der Waals surface area contributed by atoms with Crippen LogP contribution in [0.15, 0.2) is 77.2 Å². The summed E-state index contributed by atoms with van der Waals surface area (Å²) in [4.78, 5) is 7.12. The van der Waals surface area contributed by atoms with Gasteiger partial charge in [-0.3, -0.25) is 0 Å². The van der Waals surface area contributed by atoms with Crippen LogP contribution in [0.3, 0.4) is 0 Å². The highest BCUT2D eigenvalue weighted by Crippen LogP contribution is 2.33. The average Bonchev–Trinajstić information content (AvgIpc) is 3.19. The van der Waals surface area contributed by atoms with E-state index in [0.29, 0.717) is 29.0 Å². The third-order valence-electron chi connectivity index (χ3n) is 5.80. The molecular formula is C26H33N7O2. The lowest BCUT2D eigenvalue weighted by molar-refractivity contribution is 0.197. The van der Waals surface area contributed by atoms with Crippen LogP contribution in [0, 0.1) is 0 Å². The number of nitrogens with zero attached hydrogens (tertiary/aromatic N) is 4. The third kappa shape index (κ3) is 5.31. The van der Waals surface area contributed by atoms with E-state index >= 15 is 0 Å². The van der Waals surface area contributed by atoms with Crippen molar-refractivity contribution in [1.29, 1.82) is 0 Å². The number of anilines is 2. The largest absolute Gasteiger partial charge is 0.473 e. The number of hydrogen-bond donors (Lipinski definition) is 4. The molecule has 3 aromatic rings. The van der Waals surface area contributed by atoms with E-state index in [9.17, 15) is 5.11 Å². The van der Waals surface area contributed by atoms with Gasteiger partial charge in [0.1, 0.15) is 6.61 Å². The van der Waals surface area contributed by atoms with Crippen molar-refractivity contribution < 1.29 is 9.84 Å². The van der Waals surface area contributed by atoms with Crippen LogP contribution in [-0.4, -0.2) is 52.3 Å². The van der Waals surface area contributed by atoms with Gasteiger partial charge in [0, 0.05) is 35.9 Å². The Hall–Kier alpha value is -3.82. The second kappa shape index (κ2) is 10.6.